The lowest BCUT2D eigenvalue weighted by Crippen LogP contribution is -2.36. The van der Waals surface area contributed by atoms with Gasteiger partial charge in [0.15, 0.2) is 0 Å². The van der Waals surface area contributed by atoms with Crippen molar-refractivity contribution in [2.45, 2.75) is 19.4 Å². The van der Waals surface area contributed by atoms with E-state index in [2.05, 4.69) is 10.3 Å². The highest BCUT2D eigenvalue weighted by Gasteiger charge is 2.14. The Morgan fingerprint density at radius 2 is 2.41 bits per heavy atom. The van der Waals surface area contributed by atoms with Gasteiger partial charge in [-0.25, -0.2) is 4.98 Å². The maximum Gasteiger partial charge on any atom is 0.241 e. The first kappa shape index (κ1) is 14.3. The third-order valence-electron chi connectivity index (χ3n) is 2.31. The molecular formula is C11H16ClN3OS. The van der Waals surface area contributed by atoms with Crippen molar-refractivity contribution in [3.05, 3.63) is 23.0 Å². The van der Waals surface area contributed by atoms with Crippen molar-refractivity contribution in [2.24, 2.45) is 5.73 Å². The number of hydrogen-bond acceptors (Lipinski definition) is 4. The Bertz CT molecular complexity index is 400. The number of nitrogens with zero attached hydrogens (tertiary/aromatic N) is 1. The van der Waals surface area contributed by atoms with Crippen LogP contribution >= 0.6 is 23.4 Å². The number of aryl methyl sites for hydroxylation is 1. The number of amides is 1. The van der Waals surface area contributed by atoms with Gasteiger partial charge in [0.1, 0.15) is 5.15 Å². The smallest absolute Gasteiger partial charge is 0.241 e. The zero-order valence-corrected chi connectivity index (χ0v) is 11.4. The van der Waals surface area contributed by atoms with Gasteiger partial charge in [0.05, 0.1) is 17.9 Å². The lowest BCUT2D eigenvalue weighted by molar-refractivity contribution is -0.117. The minimum Gasteiger partial charge on any atom is -0.323 e. The third-order valence-corrected chi connectivity index (χ3v) is 3.16. The van der Waals surface area contributed by atoms with E-state index in [1.54, 1.807) is 17.8 Å². The van der Waals surface area contributed by atoms with Crippen LogP contribution < -0.4 is 11.1 Å². The monoisotopic (exact) mass is 273 g/mol. The van der Waals surface area contributed by atoms with Crippen LogP contribution in [0.25, 0.3) is 0 Å². The van der Waals surface area contributed by atoms with Gasteiger partial charge in [-0.3, -0.25) is 4.79 Å². The first-order chi connectivity index (χ1) is 8.04. The van der Waals surface area contributed by atoms with Gasteiger partial charge in [-0.05, 0) is 37.0 Å². The van der Waals surface area contributed by atoms with Crippen LogP contribution in [0.15, 0.2) is 12.3 Å². The number of carbonyl (C=O) groups is 1. The van der Waals surface area contributed by atoms with Crippen LogP contribution in [0, 0.1) is 6.92 Å². The van der Waals surface area contributed by atoms with E-state index < -0.39 is 6.04 Å². The second-order valence-electron chi connectivity index (χ2n) is 3.70. The van der Waals surface area contributed by atoms with Crippen molar-refractivity contribution in [3.8, 4) is 0 Å². The average molecular weight is 274 g/mol. The van der Waals surface area contributed by atoms with Crippen LogP contribution in [0.2, 0.25) is 5.15 Å². The Hall–Kier alpha value is -0.780. The zero-order chi connectivity index (χ0) is 12.8. The summed E-state index contributed by atoms with van der Waals surface area (Å²) in [6.07, 6.45) is 4.18. The quantitative estimate of drug-likeness (QED) is 0.806. The maximum atomic E-state index is 11.7. The normalized spacial score (nSPS) is 12.2. The lowest BCUT2D eigenvalue weighted by atomic mass is 10.2. The predicted octanol–water partition coefficient (Wildman–Crippen LogP) is 2.06. The number of aromatic nitrogens is 1. The molecule has 0 bridgehead atoms. The van der Waals surface area contributed by atoms with Crippen LogP contribution in [0.4, 0.5) is 5.69 Å². The summed E-state index contributed by atoms with van der Waals surface area (Å²) in [4.78, 5) is 15.7. The molecular weight excluding hydrogens is 258 g/mol. The fourth-order valence-corrected chi connectivity index (χ4v) is 1.96. The lowest BCUT2D eigenvalue weighted by Gasteiger charge is -2.12. The molecule has 1 rings (SSSR count). The molecule has 17 heavy (non-hydrogen) atoms. The highest BCUT2D eigenvalue weighted by Crippen LogP contribution is 2.17. The average Bonchev–Trinajstić information content (AvgIpc) is 2.29. The highest BCUT2D eigenvalue weighted by molar-refractivity contribution is 7.98. The van der Waals surface area contributed by atoms with E-state index in [0.29, 0.717) is 17.3 Å². The molecule has 0 saturated heterocycles. The minimum atomic E-state index is -0.488. The number of carbonyl (C=O) groups excluding carboxylic acids is 1. The largest absolute Gasteiger partial charge is 0.323 e. The summed E-state index contributed by atoms with van der Waals surface area (Å²) < 4.78 is 0. The van der Waals surface area contributed by atoms with Gasteiger partial charge in [0, 0.05) is 0 Å². The number of pyridine rings is 1. The number of nitrogens with two attached hydrogens (primary N) is 1. The minimum absolute atomic E-state index is 0.189. The van der Waals surface area contributed by atoms with Gasteiger partial charge in [0.2, 0.25) is 5.91 Å². The van der Waals surface area contributed by atoms with E-state index in [1.807, 2.05) is 13.2 Å². The van der Waals surface area contributed by atoms with E-state index in [4.69, 9.17) is 17.3 Å². The predicted molar refractivity (Wildman–Crippen MR) is 73.6 cm³/mol. The summed E-state index contributed by atoms with van der Waals surface area (Å²) in [5.41, 5.74) is 7.28. The van der Waals surface area contributed by atoms with E-state index in [-0.39, 0.29) is 5.91 Å². The molecule has 94 valence electrons. The van der Waals surface area contributed by atoms with E-state index in [0.717, 1.165) is 11.3 Å². The van der Waals surface area contributed by atoms with Gasteiger partial charge in [-0.15, -0.1) is 0 Å². The van der Waals surface area contributed by atoms with Crippen molar-refractivity contribution in [3.63, 3.8) is 0 Å². The fraction of sp³-hybridized carbons (Fsp3) is 0.455. The molecule has 1 amide bonds. The van der Waals surface area contributed by atoms with E-state index in [1.165, 1.54) is 6.20 Å². The molecule has 1 atom stereocenters. The molecule has 0 fully saturated rings. The molecule has 1 aromatic heterocycles. The SMILES string of the molecule is CSCC[C@@H](N)C(=O)Nc1cnc(Cl)cc1C. The summed E-state index contributed by atoms with van der Waals surface area (Å²) in [6, 6.07) is 1.21. The number of thioether (sulfide) groups is 1. The molecule has 0 aliphatic rings. The summed E-state index contributed by atoms with van der Waals surface area (Å²) >= 11 is 7.40. The number of rotatable bonds is 5. The van der Waals surface area contributed by atoms with E-state index >= 15 is 0 Å². The van der Waals surface area contributed by atoms with Gasteiger partial charge < -0.3 is 11.1 Å². The molecule has 4 nitrogen and oxygen atoms in total. The maximum absolute atomic E-state index is 11.7. The molecule has 1 heterocycles. The van der Waals surface area contributed by atoms with Crippen molar-refractivity contribution in [1.82, 2.24) is 4.98 Å². The Morgan fingerprint density at radius 1 is 1.71 bits per heavy atom. The summed E-state index contributed by atoms with van der Waals surface area (Å²) in [5.74, 6) is 0.679. The molecule has 0 unspecified atom stereocenters. The standard InChI is InChI=1S/C11H16ClN3OS/c1-7-5-10(12)14-6-9(7)15-11(16)8(13)3-4-17-2/h5-6,8H,3-4,13H2,1-2H3,(H,15,16)/t8-/m1/s1. The summed E-state index contributed by atoms with van der Waals surface area (Å²) in [5, 5.41) is 3.16. The second-order valence-corrected chi connectivity index (χ2v) is 5.07. The first-order valence-corrected chi connectivity index (χ1v) is 6.99. The Balaban J connectivity index is 2.61. The molecule has 0 aliphatic carbocycles. The molecule has 1 aromatic rings. The second kappa shape index (κ2) is 6.83. The molecule has 0 aliphatic heterocycles. The molecule has 0 saturated carbocycles. The van der Waals surface area contributed by atoms with Crippen LogP contribution in [0.3, 0.4) is 0 Å². The zero-order valence-electron chi connectivity index (χ0n) is 9.87. The van der Waals surface area contributed by atoms with Gasteiger partial charge in [-0.1, -0.05) is 11.6 Å². The number of nitrogens with one attached hydrogen (secondary N) is 1. The number of anilines is 1. The van der Waals surface area contributed by atoms with Crippen LogP contribution in [0.1, 0.15) is 12.0 Å². The topological polar surface area (TPSA) is 68.0 Å². The molecule has 0 radical (unpaired) electrons. The molecule has 0 aromatic carbocycles. The third kappa shape index (κ3) is 4.53. The number of hydrogen-bond donors (Lipinski definition) is 2. The van der Waals surface area contributed by atoms with Gasteiger partial charge >= 0.3 is 0 Å². The fourth-order valence-electron chi connectivity index (χ4n) is 1.25. The molecule has 0 spiro atoms. The number of halogens is 1. The van der Waals surface area contributed by atoms with Gasteiger partial charge in [0.25, 0.3) is 0 Å². The Labute approximate surface area is 110 Å². The molecule has 6 heteroatoms. The van der Waals surface area contributed by atoms with Crippen molar-refractivity contribution in [1.29, 1.82) is 0 Å². The molecule has 3 N–H and O–H groups in total. The van der Waals surface area contributed by atoms with Crippen LogP contribution in [-0.4, -0.2) is 28.9 Å². The van der Waals surface area contributed by atoms with Crippen LogP contribution in [-0.2, 0) is 4.79 Å². The summed E-state index contributed by atoms with van der Waals surface area (Å²) in [7, 11) is 0. The van der Waals surface area contributed by atoms with E-state index in [9.17, 15) is 4.79 Å². The Kier molecular flexibility index (Phi) is 5.74. The van der Waals surface area contributed by atoms with Crippen molar-refractivity contribution >= 4 is 35.0 Å². The highest BCUT2D eigenvalue weighted by atomic mass is 35.5. The Morgan fingerprint density at radius 3 is 3.00 bits per heavy atom. The first-order valence-electron chi connectivity index (χ1n) is 5.22. The van der Waals surface area contributed by atoms with Gasteiger partial charge in [-0.2, -0.15) is 11.8 Å². The van der Waals surface area contributed by atoms with Crippen LogP contribution in [0.5, 0.6) is 0 Å². The van der Waals surface area contributed by atoms with Crippen molar-refractivity contribution < 1.29 is 4.79 Å². The summed E-state index contributed by atoms with van der Waals surface area (Å²) in [6.45, 7) is 1.86. The van der Waals surface area contributed by atoms with Crippen molar-refractivity contribution in [2.75, 3.05) is 17.3 Å².